The van der Waals surface area contributed by atoms with Gasteiger partial charge < -0.3 is 10.4 Å². The molecule has 0 saturated heterocycles. The highest BCUT2D eigenvalue weighted by molar-refractivity contribution is 6.34. The number of rotatable bonds is 3. The van der Waals surface area contributed by atoms with Gasteiger partial charge in [-0.15, -0.1) is 0 Å². The first-order valence-electron chi connectivity index (χ1n) is 4.69. The van der Waals surface area contributed by atoms with Crippen molar-refractivity contribution in [2.75, 3.05) is 13.6 Å². The summed E-state index contributed by atoms with van der Waals surface area (Å²) < 4.78 is 0. The van der Waals surface area contributed by atoms with Crippen molar-refractivity contribution in [3.8, 4) is 0 Å². The van der Waals surface area contributed by atoms with E-state index in [1.807, 2.05) is 18.2 Å². The zero-order valence-electron chi connectivity index (χ0n) is 8.29. The topological polar surface area (TPSA) is 60.9 Å². The second-order valence-electron chi connectivity index (χ2n) is 3.35. The van der Waals surface area contributed by atoms with Crippen LogP contribution in [0, 0.1) is 0 Å². The number of aromatic amines is 1. The molecule has 2 rings (SSSR count). The lowest BCUT2D eigenvalue weighted by Gasteiger charge is -2.10. The number of benzene rings is 1. The molecule has 0 bridgehead atoms. The molecule has 1 atom stereocenters. The quantitative estimate of drug-likeness (QED) is 0.742. The third kappa shape index (κ3) is 1.84. The second-order valence-corrected chi connectivity index (χ2v) is 3.73. The minimum Gasteiger partial charge on any atom is -0.387 e. The lowest BCUT2D eigenvalue weighted by Crippen LogP contribution is -2.16. The number of halogens is 1. The van der Waals surface area contributed by atoms with E-state index in [1.165, 1.54) is 0 Å². The van der Waals surface area contributed by atoms with Crippen molar-refractivity contribution < 1.29 is 5.11 Å². The molecule has 4 nitrogen and oxygen atoms in total. The molecule has 80 valence electrons. The molecular formula is C10H12ClN3O. The van der Waals surface area contributed by atoms with Gasteiger partial charge in [0.05, 0.1) is 11.6 Å². The average Bonchev–Trinajstić information content (AvgIpc) is 2.61. The van der Waals surface area contributed by atoms with E-state index in [0.29, 0.717) is 11.7 Å². The van der Waals surface area contributed by atoms with Crippen LogP contribution in [0.2, 0.25) is 5.15 Å². The molecule has 3 N–H and O–H groups in total. The zero-order chi connectivity index (χ0) is 10.8. The van der Waals surface area contributed by atoms with Crippen molar-refractivity contribution in [3.63, 3.8) is 0 Å². The molecule has 2 aromatic rings. The zero-order valence-corrected chi connectivity index (χ0v) is 9.04. The predicted octanol–water partition coefficient (Wildman–Crippen LogP) is 1.47. The summed E-state index contributed by atoms with van der Waals surface area (Å²) in [6.45, 7) is 0.490. The summed E-state index contributed by atoms with van der Waals surface area (Å²) >= 11 is 5.91. The van der Waals surface area contributed by atoms with Crippen molar-refractivity contribution in [2.45, 2.75) is 6.10 Å². The largest absolute Gasteiger partial charge is 0.387 e. The van der Waals surface area contributed by atoms with Crippen LogP contribution < -0.4 is 5.32 Å². The van der Waals surface area contributed by atoms with E-state index in [2.05, 4.69) is 15.5 Å². The third-order valence-corrected chi connectivity index (χ3v) is 2.61. The van der Waals surface area contributed by atoms with E-state index in [1.54, 1.807) is 7.05 Å². The fraction of sp³-hybridized carbons (Fsp3) is 0.300. The van der Waals surface area contributed by atoms with Gasteiger partial charge in [0.1, 0.15) is 5.15 Å². The minimum absolute atomic E-state index is 0.490. The number of aromatic nitrogens is 2. The van der Waals surface area contributed by atoms with Crippen molar-refractivity contribution in [1.82, 2.24) is 15.5 Å². The van der Waals surface area contributed by atoms with Crippen LogP contribution in [-0.4, -0.2) is 28.9 Å². The molecular weight excluding hydrogens is 214 g/mol. The normalized spacial score (nSPS) is 13.3. The number of fused-ring (bicyclic) bond motifs is 1. The van der Waals surface area contributed by atoms with Gasteiger partial charge >= 0.3 is 0 Å². The number of nitrogens with zero attached hydrogens (tertiary/aromatic N) is 1. The van der Waals surface area contributed by atoms with E-state index in [9.17, 15) is 5.11 Å². The molecule has 0 saturated carbocycles. The highest BCUT2D eigenvalue weighted by Gasteiger charge is 2.13. The van der Waals surface area contributed by atoms with Gasteiger partial charge in [-0.3, -0.25) is 5.10 Å². The van der Waals surface area contributed by atoms with Crippen LogP contribution in [0.1, 0.15) is 11.7 Å². The Morgan fingerprint density at radius 2 is 2.40 bits per heavy atom. The molecule has 15 heavy (non-hydrogen) atoms. The number of aliphatic hydroxyl groups excluding tert-OH is 1. The van der Waals surface area contributed by atoms with E-state index in [-0.39, 0.29) is 0 Å². The second kappa shape index (κ2) is 4.18. The smallest absolute Gasteiger partial charge is 0.132 e. The summed E-state index contributed by atoms with van der Waals surface area (Å²) in [5.74, 6) is 0. The molecule has 0 fully saturated rings. The standard InChI is InChI=1S/C10H12ClN3O/c1-12-5-8(15)6-3-2-4-7-9(6)13-14-10(7)11/h2-4,8,12,15H,5H2,1H3,(H,13,14). The molecule has 5 heteroatoms. The first-order chi connectivity index (χ1) is 7.24. The minimum atomic E-state index is -0.571. The lowest BCUT2D eigenvalue weighted by atomic mass is 10.1. The van der Waals surface area contributed by atoms with Crippen LogP contribution in [0.25, 0.3) is 10.9 Å². The molecule has 0 amide bonds. The molecule has 0 aliphatic heterocycles. The average molecular weight is 226 g/mol. The van der Waals surface area contributed by atoms with Crippen molar-refractivity contribution >= 4 is 22.5 Å². The Balaban J connectivity index is 2.51. The molecule has 1 unspecified atom stereocenters. The number of nitrogens with one attached hydrogen (secondary N) is 2. The van der Waals surface area contributed by atoms with E-state index >= 15 is 0 Å². The van der Waals surface area contributed by atoms with Crippen LogP contribution in [0.5, 0.6) is 0 Å². The highest BCUT2D eigenvalue weighted by atomic mass is 35.5. The molecule has 1 aromatic heterocycles. The molecule has 1 heterocycles. The van der Waals surface area contributed by atoms with Crippen LogP contribution in [-0.2, 0) is 0 Å². The summed E-state index contributed by atoms with van der Waals surface area (Å²) in [5.41, 5.74) is 1.51. The van der Waals surface area contributed by atoms with Crippen LogP contribution in [0.15, 0.2) is 18.2 Å². The summed E-state index contributed by atoms with van der Waals surface area (Å²) in [4.78, 5) is 0. The number of hydrogen-bond donors (Lipinski definition) is 3. The third-order valence-electron chi connectivity index (χ3n) is 2.33. The Morgan fingerprint density at radius 3 is 3.13 bits per heavy atom. The van der Waals surface area contributed by atoms with Crippen molar-refractivity contribution in [3.05, 3.63) is 28.9 Å². The van der Waals surface area contributed by atoms with Gasteiger partial charge in [0.25, 0.3) is 0 Å². The molecule has 1 aromatic carbocycles. The van der Waals surface area contributed by atoms with Crippen molar-refractivity contribution in [1.29, 1.82) is 0 Å². The first kappa shape index (κ1) is 10.4. The number of hydrogen-bond acceptors (Lipinski definition) is 3. The lowest BCUT2D eigenvalue weighted by molar-refractivity contribution is 0.179. The number of aliphatic hydroxyl groups is 1. The molecule has 0 radical (unpaired) electrons. The fourth-order valence-corrected chi connectivity index (χ4v) is 1.80. The molecule has 0 spiro atoms. The van der Waals surface area contributed by atoms with Crippen LogP contribution >= 0.6 is 11.6 Å². The Labute approximate surface area is 92.3 Å². The van der Waals surface area contributed by atoms with Gasteiger partial charge in [0, 0.05) is 17.5 Å². The summed E-state index contributed by atoms with van der Waals surface area (Å²) in [6.07, 6.45) is -0.571. The molecule has 0 aliphatic rings. The van der Waals surface area contributed by atoms with Crippen LogP contribution in [0.4, 0.5) is 0 Å². The summed E-state index contributed by atoms with van der Waals surface area (Å²) in [5, 5.41) is 20.9. The SMILES string of the molecule is CNCC(O)c1cccc2c(Cl)[nH]nc12. The van der Waals surface area contributed by atoms with E-state index in [0.717, 1.165) is 16.5 Å². The summed E-state index contributed by atoms with van der Waals surface area (Å²) in [6, 6.07) is 5.58. The maximum Gasteiger partial charge on any atom is 0.132 e. The Hall–Kier alpha value is -1.10. The number of para-hydroxylation sites is 1. The Kier molecular flexibility index (Phi) is 2.90. The molecule has 0 aliphatic carbocycles. The van der Waals surface area contributed by atoms with Crippen LogP contribution in [0.3, 0.4) is 0 Å². The fourth-order valence-electron chi connectivity index (χ4n) is 1.60. The van der Waals surface area contributed by atoms with Gasteiger partial charge in [0.15, 0.2) is 0 Å². The van der Waals surface area contributed by atoms with Gasteiger partial charge in [0.2, 0.25) is 0 Å². The Morgan fingerprint density at radius 1 is 1.60 bits per heavy atom. The predicted molar refractivity (Wildman–Crippen MR) is 60.0 cm³/mol. The van der Waals surface area contributed by atoms with E-state index < -0.39 is 6.10 Å². The highest BCUT2D eigenvalue weighted by Crippen LogP contribution is 2.26. The van der Waals surface area contributed by atoms with Gasteiger partial charge in [-0.1, -0.05) is 23.7 Å². The van der Waals surface area contributed by atoms with Gasteiger partial charge in [-0.2, -0.15) is 5.10 Å². The van der Waals surface area contributed by atoms with Gasteiger partial charge in [-0.25, -0.2) is 0 Å². The summed E-state index contributed by atoms with van der Waals surface area (Å²) in [7, 11) is 1.79. The van der Waals surface area contributed by atoms with E-state index in [4.69, 9.17) is 11.6 Å². The maximum atomic E-state index is 9.87. The van der Waals surface area contributed by atoms with Gasteiger partial charge in [-0.05, 0) is 13.1 Å². The maximum absolute atomic E-state index is 9.87. The Bertz CT molecular complexity index is 469. The monoisotopic (exact) mass is 225 g/mol. The first-order valence-corrected chi connectivity index (χ1v) is 5.07. The number of H-pyrrole nitrogens is 1. The van der Waals surface area contributed by atoms with Crippen molar-refractivity contribution in [2.24, 2.45) is 0 Å². The number of likely N-dealkylation sites (N-methyl/N-ethyl adjacent to an activating group) is 1.